The third-order valence-corrected chi connectivity index (χ3v) is 6.54. The minimum Gasteiger partial charge on any atom is -0.469 e. The molecule has 2 fully saturated rings. The van der Waals surface area contributed by atoms with Crippen molar-refractivity contribution in [1.82, 2.24) is 10.3 Å². The summed E-state index contributed by atoms with van der Waals surface area (Å²) in [5.74, 6) is 0.120. The Morgan fingerprint density at radius 3 is 2.61 bits per heavy atom. The number of esters is 1. The summed E-state index contributed by atoms with van der Waals surface area (Å²) in [6.07, 6.45) is 5.28. The molecule has 3 heterocycles. The standard InChI is InChI=1S/C21H25N3O3S/c1-27-19(26)12-17-20(14-5-3-2-4-6-14)24-21(28-17)23-18(25)11-13-9-15-7-8-16(10-13)22-15/h2-6,13,15-16,22H,7-12H2,1H3,(H,23,24,25). The van der Waals surface area contributed by atoms with Crippen LogP contribution in [0.2, 0.25) is 0 Å². The van der Waals surface area contributed by atoms with Crippen molar-refractivity contribution in [3.8, 4) is 11.3 Å². The Morgan fingerprint density at radius 1 is 1.21 bits per heavy atom. The first kappa shape index (κ1) is 19.1. The van der Waals surface area contributed by atoms with Crippen LogP contribution in [0.4, 0.5) is 5.13 Å². The summed E-state index contributed by atoms with van der Waals surface area (Å²) in [5, 5.41) is 7.11. The zero-order valence-corrected chi connectivity index (χ0v) is 16.8. The molecule has 28 heavy (non-hydrogen) atoms. The molecular formula is C21H25N3O3S. The molecule has 148 valence electrons. The summed E-state index contributed by atoms with van der Waals surface area (Å²) in [7, 11) is 1.38. The van der Waals surface area contributed by atoms with E-state index in [9.17, 15) is 9.59 Å². The predicted molar refractivity (Wildman–Crippen MR) is 109 cm³/mol. The summed E-state index contributed by atoms with van der Waals surface area (Å²) < 4.78 is 4.81. The largest absolute Gasteiger partial charge is 0.469 e. The normalized spacial score (nSPS) is 23.4. The van der Waals surface area contributed by atoms with E-state index in [-0.39, 0.29) is 18.3 Å². The Hall–Kier alpha value is -2.25. The number of aromatic nitrogens is 1. The van der Waals surface area contributed by atoms with Crippen LogP contribution in [-0.2, 0) is 20.7 Å². The van der Waals surface area contributed by atoms with E-state index in [0.29, 0.717) is 29.6 Å². The van der Waals surface area contributed by atoms with Crippen LogP contribution < -0.4 is 10.6 Å². The third kappa shape index (κ3) is 4.42. The van der Waals surface area contributed by atoms with E-state index in [1.165, 1.54) is 31.3 Å². The first-order valence-corrected chi connectivity index (χ1v) is 10.6. The van der Waals surface area contributed by atoms with E-state index in [2.05, 4.69) is 15.6 Å². The van der Waals surface area contributed by atoms with Gasteiger partial charge < -0.3 is 15.4 Å². The molecule has 1 amide bonds. The van der Waals surface area contributed by atoms with Gasteiger partial charge in [-0.15, -0.1) is 11.3 Å². The second kappa shape index (κ2) is 8.41. The van der Waals surface area contributed by atoms with E-state index in [1.807, 2.05) is 30.3 Å². The number of anilines is 1. The number of carbonyl (C=O) groups is 2. The lowest BCUT2D eigenvalue weighted by Crippen LogP contribution is -2.39. The summed E-state index contributed by atoms with van der Waals surface area (Å²) in [6.45, 7) is 0. The van der Waals surface area contributed by atoms with Gasteiger partial charge in [0.15, 0.2) is 5.13 Å². The molecule has 2 aliphatic rings. The average Bonchev–Trinajstić information content (AvgIpc) is 3.24. The predicted octanol–water partition coefficient (Wildman–Crippen LogP) is 3.38. The molecule has 2 N–H and O–H groups in total. The number of nitrogens with one attached hydrogen (secondary N) is 2. The fraction of sp³-hybridized carbons (Fsp3) is 0.476. The van der Waals surface area contributed by atoms with Gasteiger partial charge >= 0.3 is 5.97 Å². The van der Waals surface area contributed by atoms with Crippen molar-refractivity contribution in [2.24, 2.45) is 5.92 Å². The molecular weight excluding hydrogens is 374 g/mol. The molecule has 2 saturated heterocycles. The molecule has 0 radical (unpaired) electrons. The highest BCUT2D eigenvalue weighted by molar-refractivity contribution is 7.16. The van der Waals surface area contributed by atoms with Crippen molar-refractivity contribution in [3.05, 3.63) is 35.2 Å². The van der Waals surface area contributed by atoms with Gasteiger partial charge in [0.2, 0.25) is 5.91 Å². The average molecular weight is 400 g/mol. The summed E-state index contributed by atoms with van der Waals surface area (Å²) in [6, 6.07) is 10.9. The molecule has 2 aromatic rings. The Balaban J connectivity index is 1.46. The van der Waals surface area contributed by atoms with Crippen molar-refractivity contribution in [3.63, 3.8) is 0 Å². The first-order valence-electron chi connectivity index (χ1n) is 9.78. The fourth-order valence-corrected chi connectivity index (χ4v) is 5.31. The maximum Gasteiger partial charge on any atom is 0.310 e. The van der Waals surface area contributed by atoms with Gasteiger partial charge in [0.25, 0.3) is 0 Å². The van der Waals surface area contributed by atoms with Gasteiger partial charge in [0.1, 0.15) is 0 Å². The first-order chi connectivity index (χ1) is 13.6. The van der Waals surface area contributed by atoms with Crippen molar-refractivity contribution in [1.29, 1.82) is 0 Å². The molecule has 0 spiro atoms. The van der Waals surface area contributed by atoms with Crippen molar-refractivity contribution in [2.75, 3.05) is 12.4 Å². The van der Waals surface area contributed by atoms with Gasteiger partial charge in [0.05, 0.1) is 19.2 Å². The Bertz CT molecular complexity index is 840. The quantitative estimate of drug-likeness (QED) is 0.728. The van der Waals surface area contributed by atoms with Gasteiger partial charge in [0, 0.05) is 28.9 Å². The number of hydrogen-bond acceptors (Lipinski definition) is 6. The number of benzene rings is 1. The van der Waals surface area contributed by atoms with Crippen LogP contribution in [0.25, 0.3) is 11.3 Å². The van der Waals surface area contributed by atoms with Crippen LogP contribution in [0.5, 0.6) is 0 Å². The van der Waals surface area contributed by atoms with E-state index < -0.39 is 0 Å². The molecule has 6 nitrogen and oxygen atoms in total. The zero-order valence-electron chi connectivity index (χ0n) is 15.9. The molecule has 2 aliphatic heterocycles. The second-order valence-corrected chi connectivity index (χ2v) is 8.72. The number of ether oxygens (including phenoxy) is 1. The highest BCUT2D eigenvalue weighted by atomic mass is 32.1. The minimum absolute atomic E-state index is 0.00396. The number of methoxy groups -OCH3 is 1. The molecule has 0 aliphatic carbocycles. The van der Waals surface area contributed by atoms with Crippen LogP contribution in [0.1, 0.15) is 37.0 Å². The van der Waals surface area contributed by atoms with Gasteiger partial charge in [-0.1, -0.05) is 30.3 Å². The lowest BCUT2D eigenvalue weighted by Gasteiger charge is -2.28. The maximum absolute atomic E-state index is 12.6. The molecule has 1 aromatic heterocycles. The van der Waals surface area contributed by atoms with Crippen molar-refractivity contribution < 1.29 is 14.3 Å². The lowest BCUT2D eigenvalue weighted by molar-refractivity contribution is -0.139. The smallest absolute Gasteiger partial charge is 0.310 e. The number of hydrogen-bond donors (Lipinski definition) is 2. The molecule has 0 saturated carbocycles. The van der Waals surface area contributed by atoms with E-state index >= 15 is 0 Å². The fourth-order valence-electron chi connectivity index (χ4n) is 4.32. The van der Waals surface area contributed by atoms with Crippen molar-refractivity contribution in [2.45, 2.75) is 50.6 Å². The molecule has 1 aromatic carbocycles. The number of rotatable bonds is 6. The summed E-state index contributed by atoms with van der Waals surface area (Å²) >= 11 is 1.35. The lowest BCUT2D eigenvalue weighted by atomic mass is 9.89. The van der Waals surface area contributed by atoms with E-state index in [1.54, 1.807) is 0 Å². The van der Waals surface area contributed by atoms with Gasteiger partial charge in [-0.3, -0.25) is 9.59 Å². The molecule has 7 heteroatoms. The molecule has 2 unspecified atom stereocenters. The minimum atomic E-state index is -0.316. The van der Waals surface area contributed by atoms with Crippen LogP contribution in [0.15, 0.2) is 30.3 Å². The number of carbonyl (C=O) groups excluding carboxylic acids is 2. The second-order valence-electron chi connectivity index (χ2n) is 7.64. The molecule has 4 rings (SSSR count). The van der Waals surface area contributed by atoms with E-state index in [0.717, 1.165) is 29.0 Å². The monoisotopic (exact) mass is 399 g/mol. The van der Waals surface area contributed by atoms with Gasteiger partial charge in [-0.25, -0.2) is 4.98 Å². The van der Waals surface area contributed by atoms with Crippen LogP contribution >= 0.6 is 11.3 Å². The number of nitrogens with zero attached hydrogens (tertiary/aromatic N) is 1. The number of piperidine rings is 1. The Labute approximate surface area is 168 Å². The number of amides is 1. The molecule has 2 atom stereocenters. The SMILES string of the molecule is COC(=O)Cc1sc(NC(=O)CC2CC3CCC(C2)N3)nc1-c1ccccc1. The van der Waals surface area contributed by atoms with Gasteiger partial charge in [-0.05, 0) is 31.6 Å². The van der Waals surface area contributed by atoms with Gasteiger partial charge in [-0.2, -0.15) is 0 Å². The summed E-state index contributed by atoms with van der Waals surface area (Å²) in [5.41, 5.74) is 1.65. The zero-order chi connectivity index (χ0) is 19.5. The Kier molecular flexibility index (Phi) is 5.73. The van der Waals surface area contributed by atoms with Crippen molar-refractivity contribution >= 4 is 28.3 Å². The number of thiazole rings is 1. The highest BCUT2D eigenvalue weighted by Gasteiger charge is 2.34. The topological polar surface area (TPSA) is 80.3 Å². The molecule has 2 bridgehead atoms. The van der Waals surface area contributed by atoms with Crippen LogP contribution in [-0.4, -0.2) is 36.1 Å². The Morgan fingerprint density at radius 2 is 1.93 bits per heavy atom. The summed E-state index contributed by atoms with van der Waals surface area (Å²) in [4.78, 5) is 29.8. The van der Waals surface area contributed by atoms with E-state index in [4.69, 9.17) is 4.74 Å². The highest BCUT2D eigenvalue weighted by Crippen LogP contribution is 2.34. The van der Waals surface area contributed by atoms with Crippen LogP contribution in [0.3, 0.4) is 0 Å². The number of fused-ring (bicyclic) bond motifs is 2. The maximum atomic E-state index is 12.6. The third-order valence-electron chi connectivity index (χ3n) is 5.57. The van der Waals surface area contributed by atoms with Crippen LogP contribution in [0, 0.1) is 5.92 Å².